The van der Waals surface area contributed by atoms with Crippen molar-refractivity contribution in [2.75, 3.05) is 13.7 Å². The molecule has 0 radical (unpaired) electrons. The molecule has 0 aliphatic heterocycles. The predicted molar refractivity (Wildman–Crippen MR) is 137 cm³/mol. The van der Waals surface area contributed by atoms with Crippen molar-refractivity contribution in [3.63, 3.8) is 0 Å². The number of nitrogens with one attached hydrogen (secondary N) is 1. The molecule has 180 valence electrons. The van der Waals surface area contributed by atoms with Crippen LogP contribution >= 0.6 is 0 Å². The maximum absolute atomic E-state index is 12.6. The minimum atomic E-state index is -0.296. The lowest BCUT2D eigenvalue weighted by Crippen LogP contribution is -2.29. The van der Waals surface area contributed by atoms with Crippen LogP contribution in [-0.2, 0) is 13.0 Å². The maximum Gasteiger partial charge on any atom is 0.270 e. The number of fused-ring (bicyclic) bond motifs is 1. The zero-order chi connectivity index (χ0) is 24.6. The molecule has 0 spiro atoms. The van der Waals surface area contributed by atoms with Crippen LogP contribution in [0.1, 0.15) is 41.3 Å². The molecule has 1 unspecified atom stereocenters. The highest BCUT2D eigenvalue weighted by Crippen LogP contribution is 2.29. The highest BCUT2D eigenvalue weighted by atomic mass is 16.5. The van der Waals surface area contributed by atoms with Gasteiger partial charge in [-0.15, -0.1) is 6.58 Å². The zero-order valence-corrected chi connectivity index (χ0v) is 20.1. The Labute approximate surface area is 205 Å². The lowest BCUT2D eigenvalue weighted by molar-refractivity contribution is 0.0932. The summed E-state index contributed by atoms with van der Waals surface area (Å²) in [5.74, 6) is 1.99. The van der Waals surface area contributed by atoms with Crippen molar-refractivity contribution in [1.29, 1.82) is 0 Å². The standard InChI is InChI=1S/C28H30N4O3/c1-4-10-21-14-15-25(26(19-21)34-3)35-18-9-17-32-24-13-6-5-11-22(24)31-27(32)20(2)30-28(33)23-12-7-8-16-29-23/h4-8,11-16,19-20H,1,9-10,17-18H2,2-3H3,(H,30,33). The molecule has 0 fully saturated rings. The van der Waals surface area contributed by atoms with Crippen LogP contribution in [0.25, 0.3) is 11.0 Å². The molecule has 1 amide bonds. The number of imidazole rings is 1. The fourth-order valence-corrected chi connectivity index (χ4v) is 4.02. The second-order valence-electron chi connectivity index (χ2n) is 8.20. The minimum absolute atomic E-state index is 0.230. The Hall–Kier alpha value is -4.13. The number of rotatable bonds is 11. The Morgan fingerprint density at radius 1 is 1.14 bits per heavy atom. The summed E-state index contributed by atoms with van der Waals surface area (Å²) in [6.07, 6.45) is 5.01. The van der Waals surface area contributed by atoms with Crippen LogP contribution in [0.5, 0.6) is 11.5 Å². The van der Waals surface area contributed by atoms with E-state index in [1.807, 2.05) is 55.5 Å². The second-order valence-corrected chi connectivity index (χ2v) is 8.20. The molecule has 4 rings (SSSR count). The molecule has 7 heteroatoms. The molecular formula is C28H30N4O3. The third-order valence-electron chi connectivity index (χ3n) is 5.71. The van der Waals surface area contributed by atoms with Gasteiger partial charge in [0, 0.05) is 12.7 Å². The molecule has 35 heavy (non-hydrogen) atoms. The highest BCUT2D eigenvalue weighted by Gasteiger charge is 2.19. The average Bonchev–Trinajstić information content (AvgIpc) is 3.26. The SMILES string of the molecule is C=CCc1ccc(OCCCn2c(C(C)NC(=O)c3ccccn3)nc3ccccc32)c(OC)c1. The van der Waals surface area contributed by atoms with Crippen LogP contribution < -0.4 is 14.8 Å². The number of methoxy groups -OCH3 is 1. The third kappa shape index (κ3) is 5.69. The first-order valence-corrected chi connectivity index (χ1v) is 11.7. The van der Waals surface area contributed by atoms with E-state index in [0.29, 0.717) is 30.3 Å². The summed E-state index contributed by atoms with van der Waals surface area (Å²) in [4.78, 5) is 21.6. The Kier molecular flexibility index (Phi) is 7.77. The van der Waals surface area contributed by atoms with Gasteiger partial charge in [0.05, 0.1) is 30.8 Å². The van der Waals surface area contributed by atoms with Crippen molar-refractivity contribution in [3.05, 3.63) is 96.6 Å². The van der Waals surface area contributed by atoms with Gasteiger partial charge in [-0.25, -0.2) is 4.98 Å². The fraction of sp³-hybridized carbons (Fsp3) is 0.250. The lowest BCUT2D eigenvalue weighted by atomic mass is 10.1. The number of para-hydroxylation sites is 2. The highest BCUT2D eigenvalue weighted by molar-refractivity contribution is 5.92. The van der Waals surface area contributed by atoms with Gasteiger partial charge in [-0.2, -0.15) is 0 Å². The third-order valence-corrected chi connectivity index (χ3v) is 5.71. The Bertz CT molecular complexity index is 1300. The topological polar surface area (TPSA) is 78.3 Å². The number of carbonyl (C=O) groups is 1. The molecule has 0 aliphatic rings. The van der Waals surface area contributed by atoms with Crippen molar-refractivity contribution < 1.29 is 14.3 Å². The van der Waals surface area contributed by atoms with Crippen molar-refractivity contribution in [2.45, 2.75) is 32.4 Å². The van der Waals surface area contributed by atoms with Gasteiger partial charge < -0.3 is 19.4 Å². The van der Waals surface area contributed by atoms with Gasteiger partial charge >= 0.3 is 0 Å². The molecule has 4 aromatic rings. The predicted octanol–water partition coefficient (Wildman–Crippen LogP) is 5.13. The molecular weight excluding hydrogens is 440 g/mol. The number of hydrogen-bond donors (Lipinski definition) is 1. The van der Waals surface area contributed by atoms with Crippen molar-refractivity contribution in [2.24, 2.45) is 0 Å². The van der Waals surface area contributed by atoms with Crippen LogP contribution in [0.2, 0.25) is 0 Å². The second kappa shape index (κ2) is 11.3. The summed E-state index contributed by atoms with van der Waals surface area (Å²) in [7, 11) is 1.64. The molecule has 2 aromatic heterocycles. The molecule has 0 aliphatic carbocycles. The monoisotopic (exact) mass is 470 g/mol. The number of benzene rings is 2. The Balaban J connectivity index is 1.46. The van der Waals surface area contributed by atoms with E-state index in [4.69, 9.17) is 14.5 Å². The van der Waals surface area contributed by atoms with Crippen molar-refractivity contribution in [1.82, 2.24) is 19.9 Å². The number of carbonyl (C=O) groups excluding carboxylic acids is 1. The zero-order valence-electron chi connectivity index (χ0n) is 20.1. The molecule has 2 aromatic carbocycles. The maximum atomic E-state index is 12.6. The molecule has 2 heterocycles. The van der Waals surface area contributed by atoms with E-state index < -0.39 is 0 Å². The van der Waals surface area contributed by atoms with Crippen LogP contribution in [-0.4, -0.2) is 34.2 Å². The largest absolute Gasteiger partial charge is 0.493 e. The smallest absolute Gasteiger partial charge is 0.270 e. The minimum Gasteiger partial charge on any atom is -0.493 e. The van der Waals surface area contributed by atoms with E-state index >= 15 is 0 Å². The van der Waals surface area contributed by atoms with E-state index in [0.717, 1.165) is 35.3 Å². The van der Waals surface area contributed by atoms with Crippen molar-refractivity contribution in [3.8, 4) is 11.5 Å². The average molecular weight is 471 g/mol. The summed E-state index contributed by atoms with van der Waals surface area (Å²) in [5, 5.41) is 3.02. The normalized spacial score (nSPS) is 11.7. The van der Waals surface area contributed by atoms with Crippen LogP contribution in [0.15, 0.2) is 79.5 Å². The first kappa shape index (κ1) is 24.0. The Morgan fingerprint density at radius 3 is 2.74 bits per heavy atom. The van der Waals surface area contributed by atoms with Gasteiger partial charge in [-0.3, -0.25) is 9.78 Å². The van der Waals surface area contributed by atoms with E-state index in [9.17, 15) is 4.79 Å². The van der Waals surface area contributed by atoms with E-state index in [-0.39, 0.29) is 11.9 Å². The van der Waals surface area contributed by atoms with Crippen LogP contribution in [0.4, 0.5) is 0 Å². The number of amides is 1. The molecule has 1 N–H and O–H groups in total. The van der Waals surface area contributed by atoms with Crippen LogP contribution in [0.3, 0.4) is 0 Å². The quantitative estimate of drug-likeness (QED) is 0.243. The number of pyridine rings is 1. The number of allylic oxidation sites excluding steroid dienone is 1. The first-order chi connectivity index (χ1) is 17.1. The summed E-state index contributed by atoms with van der Waals surface area (Å²) < 4.78 is 13.7. The van der Waals surface area contributed by atoms with Gasteiger partial charge in [0.25, 0.3) is 5.91 Å². The first-order valence-electron chi connectivity index (χ1n) is 11.7. The number of nitrogens with zero attached hydrogens (tertiary/aromatic N) is 3. The molecule has 0 saturated carbocycles. The van der Waals surface area contributed by atoms with Gasteiger partial charge in [-0.1, -0.05) is 30.3 Å². The summed E-state index contributed by atoms with van der Waals surface area (Å²) in [6, 6.07) is 18.9. The molecule has 7 nitrogen and oxygen atoms in total. The molecule has 1 atom stereocenters. The van der Waals surface area contributed by atoms with Gasteiger partial charge in [-0.05, 0) is 61.7 Å². The van der Waals surface area contributed by atoms with E-state index in [2.05, 4.69) is 21.4 Å². The van der Waals surface area contributed by atoms with Crippen LogP contribution in [0, 0.1) is 0 Å². The number of hydrogen-bond acceptors (Lipinski definition) is 5. The van der Waals surface area contributed by atoms with Gasteiger partial charge in [0.15, 0.2) is 11.5 Å². The summed E-state index contributed by atoms with van der Waals surface area (Å²) >= 11 is 0. The summed E-state index contributed by atoms with van der Waals surface area (Å²) in [6.45, 7) is 6.92. The number of aromatic nitrogens is 3. The van der Waals surface area contributed by atoms with Crippen molar-refractivity contribution >= 4 is 16.9 Å². The van der Waals surface area contributed by atoms with E-state index in [1.165, 1.54) is 0 Å². The van der Waals surface area contributed by atoms with Gasteiger partial charge in [0.2, 0.25) is 0 Å². The molecule has 0 bridgehead atoms. The number of aryl methyl sites for hydroxylation is 1. The fourth-order valence-electron chi connectivity index (χ4n) is 4.02. The molecule has 0 saturated heterocycles. The van der Waals surface area contributed by atoms with E-state index in [1.54, 1.807) is 31.5 Å². The van der Waals surface area contributed by atoms with Gasteiger partial charge in [0.1, 0.15) is 11.5 Å². The number of ether oxygens (including phenoxy) is 2. The lowest BCUT2D eigenvalue weighted by Gasteiger charge is -2.17. The summed E-state index contributed by atoms with van der Waals surface area (Å²) in [5.41, 5.74) is 3.42. The Morgan fingerprint density at radius 2 is 1.97 bits per heavy atom.